The Morgan fingerprint density at radius 2 is 2.32 bits per heavy atom. The van der Waals surface area contributed by atoms with Gasteiger partial charge in [-0.2, -0.15) is 9.97 Å². The van der Waals surface area contributed by atoms with E-state index < -0.39 is 18.4 Å². The monoisotopic (exact) mass is 351 g/mol. The van der Waals surface area contributed by atoms with Gasteiger partial charge >= 0.3 is 0 Å². The minimum atomic E-state index is -0.753. The summed E-state index contributed by atoms with van der Waals surface area (Å²) < 4.78 is 7.36. The van der Waals surface area contributed by atoms with Crippen LogP contribution in [0.3, 0.4) is 0 Å². The van der Waals surface area contributed by atoms with Crippen molar-refractivity contribution < 1.29 is 19.8 Å². The van der Waals surface area contributed by atoms with Gasteiger partial charge < -0.3 is 19.8 Å². The molecule has 0 spiro atoms. The number of aliphatic hydroxyl groups is 2. The molecule has 0 saturated carbocycles. The van der Waals surface area contributed by atoms with Gasteiger partial charge in [0.2, 0.25) is 0 Å². The lowest BCUT2D eigenvalue weighted by Crippen LogP contribution is -2.24. The van der Waals surface area contributed by atoms with Crippen molar-refractivity contribution in [3.8, 4) is 0 Å². The average molecular weight is 351 g/mol. The maximum atomic E-state index is 9.96. The van der Waals surface area contributed by atoms with Crippen LogP contribution < -0.4 is 5.48 Å². The lowest BCUT2D eigenvalue weighted by molar-refractivity contribution is -0.0432. The largest absolute Gasteiger partial charge is 0.394 e. The van der Waals surface area contributed by atoms with Crippen LogP contribution in [0, 0.1) is 0 Å². The molecule has 3 heterocycles. The summed E-state index contributed by atoms with van der Waals surface area (Å²) in [4.78, 5) is 23.9. The highest BCUT2D eigenvalue weighted by molar-refractivity contribution is 5.84. The van der Waals surface area contributed by atoms with Gasteiger partial charge in [-0.25, -0.2) is 15.5 Å². The number of nitrogens with one attached hydrogen (secondary N) is 1. The maximum Gasteiger partial charge on any atom is 0.254 e. The van der Waals surface area contributed by atoms with Gasteiger partial charge in [-0.05, 0) is 0 Å². The molecule has 11 nitrogen and oxygen atoms in total. The Morgan fingerprint density at radius 1 is 1.52 bits per heavy atom. The van der Waals surface area contributed by atoms with E-state index in [1.807, 2.05) is 14.1 Å². The molecule has 0 unspecified atom stereocenters. The molecule has 0 aromatic carbocycles. The van der Waals surface area contributed by atoms with Crippen LogP contribution in [0.25, 0.3) is 11.2 Å². The van der Waals surface area contributed by atoms with Crippen molar-refractivity contribution in [3.63, 3.8) is 0 Å². The first-order valence-corrected chi connectivity index (χ1v) is 7.72. The molecule has 136 valence electrons. The van der Waals surface area contributed by atoms with E-state index in [1.54, 1.807) is 22.1 Å². The van der Waals surface area contributed by atoms with Gasteiger partial charge in [0.05, 0.1) is 32.5 Å². The topological polar surface area (TPSA) is 130 Å². The number of ether oxygens (including phenoxy) is 1. The standard InChI is InChI=1S/C14H21N7O4/c1-20(2)6-16-14-17-12(19-24-3)11-13(18-14)21(7-15-11)10-4-8(23)9(5-22)25-10/h6-10,22-23H,4-5H2,1-3H3,(H,17,18,19)/b16-6+/t8-,9+,10+/m0/s1. The summed E-state index contributed by atoms with van der Waals surface area (Å²) in [5.41, 5.74) is 3.63. The summed E-state index contributed by atoms with van der Waals surface area (Å²) in [5.74, 6) is 0.592. The van der Waals surface area contributed by atoms with Gasteiger partial charge in [-0.1, -0.05) is 0 Å². The molecule has 1 aliphatic heterocycles. The fraction of sp³-hybridized carbons (Fsp3) is 0.571. The summed E-state index contributed by atoms with van der Waals surface area (Å²) in [6.07, 6.45) is 1.58. The normalized spacial score (nSPS) is 23.6. The molecule has 3 rings (SSSR count). The molecule has 0 aliphatic carbocycles. The highest BCUT2D eigenvalue weighted by Gasteiger charge is 2.35. The summed E-state index contributed by atoms with van der Waals surface area (Å²) in [6, 6.07) is 0. The second-order valence-corrected chi connectivity index (χ2v) is 5.83. The second kappa shape index (κ2) is 7.27. The van der Waals surface area contributed by atoms with Crippen molar-refractivity contribution in [1.82, 2.24) is 24.4 Å². The molecule has 1 aliphatic rings. The first-order chi connectivity index (χ1) is 12.0. The molecular formula is C14H21N7O4. The van der Waals surface area contributed by atoms with Crippen LogP contribution >= 0.6 is 0 Å². The van der Waals surface area contributed by atoms with Crippen molar-refractivity contribution in [2.75, 3.05) is 33.3 Å². The highest BCUT2D eigenvalue weighted by atomic mass is 16.6. The maximum absolute atomic E-state index is 9.96. The van der Waals surface area contributed by atoms with E-state index in [0.717, 1.165) is 0 Å². The van der Waals surface area contributed by atoms with Gasteiger partial charge in [0.15, 0.2) is 17.0 Å². The van der Waals surface area contributed by atoms with Gasteiger partial charge in [-0.3, -0.25) is 9.40 Å². The van der Waals surface area contributed by atoms with E-state index in [0.29, 0.717) is 23.4 Å². The van der Waals surface area contributed by atoms with E-state index in [-0.39, 0.29) is 12.6 Å². The van der Waals surface area contributed by atoms with Crippen LogP contribution in [0.1, 0.15) is 12.6 Å². The van der Waals surface area contributed by atoms with E-state index in [2.05, 4.69) is 25.4 Å². The molecule has 0 amide bonds. The van der Waals surface area contributed by atoms with Crippen LogP contribution in [0.4, 0.5) is 11.8 Å². The van der Waals surface area contributed by atoms with Crippen LogP contribution in [0.2, 0.25) is 0 Å². The van der Waals surface area contributed by atoms with E-state index in [1.165, 1.54) is 7.11 Å². The number of imidazole rings is 1. The smallest absolute Gasteiger partial charge is 0.254 e. The van der Waals surface area contributed by atoms with Crippen LogP contribution in [0.5, 0.6) is 0 Å². The van der Waals surface area contributed by atoms with Crippen molar-refractivity contribution in [2.45, 2.75) is 24.9 Å². The molecule has 0 bridgehead atoms. The summed E-state index contributed by atoms with van der Waals surface area (Å²) in [7, 11) is 5.14. The van der Waals surface area contributed by atoms with Gasteiger partial charge in [0.25, 0.3) is 5.95 Å². The zero-order chi connectivity index (χ0) is 18.0. The summed E-state index contributed by atoms with van der Waals surface area (Å²) >= 11 is 0. The molecule has 3 N–H and O–H groups in total. The third-order valence-corrected chi connectivity index (χ3v) is 3.71. The third-order valence-electron chi connectivity index (χ3n) is 3.71. The molecule has 2 aromatic heterocycles. The van der Waals surface area contributed by atoms with Gasteiger partial charge in [0.1, 0.15) is 12.3 Å². The van der Waals surface area contributed by atoms with E-state index >= 15 is 0 Å². The number of anilines is 1. The van der Waals surface area contributed by atoms with Crippen molar-refractivity contribution >= 4 is 29.3 Å². The number of rotatable bonds is 6. The van der Waals surface area contributed by atoms with E-state index in [4.69, 9.17) is 9.57 Å². The Bertz CT molecular complexity index is 763. The lowest BCUT2D eigenvalue weighted by atomic mass is 10.2. The van der Waals surface area contributed by atoms with Crippen molar-refractivity contribution in [2.24, 2.45) is 4.99 Å². The Labute approximate surface area is 143 Å². The number of aliphatic imine (C=N–C) groups is 1. The molecule has 2 aromatic rings. The second-order valence-electron chi connectivity index (χ2n) is 5.83. The molecule has 1 fully saturated rings. The lowest BCUT2D eigenvalue weighted by Gasteiger charge is -2.14. The minimum absolute atomic E-state index is 0.222. The zero-order valence-electron chi connectivity index (χ0n) is 14.2. The van der Waals surface area contributed by atoms with Gasteiger partial charge in [-0.15, -0.1) is 0 Å². The van der Waals surface area contributed by atoms with E-state index in [9.17, 15) is 10.2 Å². The fourth-order valence-corrected chi connectivity index (χ4v) is 2.56. The average Bonchev–Trinajstić information content (AvgIpc) is 3.16. The Kier molecular flexibility index (Phi) is 5.08. The number of hydrogen-bond acceptors (Lipinski definition) is 9. The summed E-state index contributed by atoms with van der Waals surface area (Å²) in [5, 5.41) is 19.2. The molecule has 1 saturated heterocycles. The number of nitrogens with zero attached hydrogens (tertiary/aromatic N) is 6. The van der Waals surface area contributed by atoms with Crippen LogP contribution in [0.15, 0.2) is 11.3 Å². The molecule has 0 radical (unpaired) electrons. The predicted octanol–water partition coefficient (Wildman–Crippen LogP) is -0.338. The molecule has 11 heteroatoms. The first-order valence-electron chi connectivity index (χ1n) is 7.72. The third kappa shape index (κ3) is 3.54. The van der Waals surface area contributed by atoms with Crippen molar-refractivity contribution in [3.05, 3.63) is 6.33 Å². The SMILES string of the molecule is CONc1nc(/N=C/N(C)C)nc2c1ncn2[C@H]1C[C@H](O)[C@@H](CO)O1. The number of fused-ring (bicyclic) bond motifs is 1. The first kappa shape index (κ1) is 17.5. The van der Waals surface area contributed by atoms with Crippen molar-refractivity contribution in [1.29, 1.82) is 0 Å². The Morgan fingerprint density at radius 3 is 2.96 bits per heavy atom. The van der Waals surface area contributed by atoms with Crippen LogP contribution in [-0.2, 0) is 9.57 Å². The predicted molar refractivity (Wildman–Crippen MR) is 89.4 cm³/mol. The highest BCUT2D eigenvalue weighted by Crippen LogP contribution is 2.32. The molecule has 3 atom stereocenters. The van der Waals surface area contributed by atoms with Gasteiger partial charge in [0, 0.05) is 20.5 Å². The number of aliphatic hydroxyl groups excluding tert-OH is 2. The zero-order valence-corrected chi connectivity index (χ0v) is 14.2. The minimum Gasteiger partial charge on any atom is -0.394 e. The number of hydrogen-bond donors (Lipinski definition) is 3. The van der Waals surface area contributed by atoms with Crippen LogP contribution in [-0.4, -0.2) is 81.0 Å². The fourth-order valence-electron chi connectivity index (χ4n) is 2.56. The Balaban J connectivity index is 2.02. The summed E-state index contributed by atoms with van der Waals surface area (Å²) in [6.45, 7) is -0.256. The quantitative estimate of drug-likeness (QED) is 0.363. The molecule has 25 heavy (non-hydrogen) atoms. The molecular weight excluding hydrogens is 330 g/mol. The number of aromatic nitrogens is 4. The Hall–Kier alpha value is -2.34.